The average Bonchev–Trinajstić information content (AvgIpc) is 2.83. The highest BCUT2D eigenvalue weighted by Gasteiger charge is 2.19. The van der Waals surface area contributed by atoms with Gasteiger partial charge in [-0.3, -0.25) is 9.71 Å². The zero-order chi connectivity index (χ0) is 24.3. The van der Waals surface area contributed by atoms with Crippen molar-refractivity contribution in [3.8, 4) is 17.1 Å². The molecule has 0 atom stereocenters. The Morgan fingerprint density at radius 1 is 1.06 bits per heavy atom. The third-order valence-corrected chi connectivity index (χ3v) is 6.54. The number of nitrogens with one attached hydrogen (secondary N) is 1. The van der Waals surface area contributed by atoms with Gasteiger partial charge in [-0.1, -0.05) is 19.9 Å². The maximum atomic E-state index is 12.9. The van der Waals surface area contributed by atoms with Crippen LogP contribution in [0.2, 0.25) is 0 Å². The fourth-order valence-electron chi connectivity index (χ4n) is 3.71. The highest BCUT2D eigenvalue weighted by molar-refractivity contribution is 7.92. The molecule has 10 heteroatoms. The smallest absolute Gasteiger partial charge is 0.263 e. The highest BCUT2D eigenvalue weighted by atomic mass is 32.2. The Hall–Kier alpha value is -3.79. The molecule has 1 N–H and O–H groups in total. The van der Waals surface area contributed by atoms with Crippen LogP contribution in [0.15, 0.2) is 66.1 Å². The predicted molar refractivity (Wildman–Crippen MR) is 132 cm³/mol. The summed E-state index contributed by atoms with van der Waals surface area (Å²) in [5.74, 6) is 1.95. The van der Waals surface area contributed by atoms with Crippen LogP contribution in [-0.2, 0) is 10.0 Å². The van der Waals surface area contributed by atoms with Crippen LogP contribution in [-0.4, -0.2) is 49.1 Å². The average molecular weight is 479 g/mol. The lowest BCUT2D eigenvalue weighted by atomic mass is 10.0. The molecule has 0 amide bonds. The van der Waals surface area contributed by atoms with Gasteiger partial charge in [-0.15, -0.1) is 0 Å². The number of aromatic nitrogens is 4. The van der Waals surface area contributed by atoms with Gasteiger partial charge in [-0.25, -0.2) is 18.4 Å². The largest absolute Gasteiger partial charge is 0.480 e. The molecule has 0 bridgehead atoms. The summed E-state index contributed by atoms with van der Waals surface area (Å²) in [6, 6.07) is 12.0. The number of anilines is 2. The van der Waals surface area contributed by atoms with E-state index in [9.17, 15) is 8.42 Å². The lowest BCUT2D eigenvalue weighted by molar-refractivity contribution is 0.399. The zero-order valence-electron chi connectivity index (χ0n) is 19.4. The second-order valence-electron chi connectivity index (χ2n) is 8.24. The van der Waals surface area contributed by atoms with E-state index < -0.39 is 10.0 Å². The summed E-state index contributed by atoms with van der Waals surface area (Å²) in [7, 11) is -0.252. The van der Waals surface area contributed by atoms with Crippen LogP contribution in [0.5, 0.6) is 5.88 Å². The van der Waals surface area contributed by atoms with Crippen LogP contribution < -0.4 is 14.4 Å². The molecule has 9 nitrogen and oxygen atoms in total. The molecule has 4 rings (SSSR count). The van der Waals surface area contributed by atoms with Crippen LogP contribution in [0.1, 0.15) is 13.8 Å². The van der Waals surface area contributed by atoms with Crippen molar-refractivity contribution >= 4 is 32.4 Å². The molecule has 0 aliphatic heterocycles. The first-order chi connectivity index (χ1) is 16.3. The fourth-order valence-corrected chi connectivity index (χ4v) is 4.75. The minimum Gasteiger partial charge on any atom is -0.480 e. The summed E-state index contributed by atoms with van der Waals surface area (Å²) in [5.41, 5.74) is 1.39. The Kier molecular flexibility index (Phi) is 6.60. The van der Waals surface area contributed by atoms with Crippen molar-refractivity contribution in [1.82, 2.24) is 19.9 Å². The van der Waals surface area contributed by atoms with Gasteiger partial charge in [0.25, 0.3) is 10.0 Å². The normalized spacial score (nSPS) is 11.6. The predicted octanol–water partition coefficient (Wildman–Crippen LogP) is 3.99. The van der Waals surface area contributed by atoms with Crippen molar-refractivity contribution in [3.63, 3.8) is 0 Å². The van der Waals surface area contributed by atoms with Crippen LogP contribution in [0.3, 0.4) is 0 Å². The van der Waals surface area contributed by atoms with E-state index in [1.165, 1.54) is 18.6 Å². The van der Waals surface area contributed by atoms with Crippen LogP contribution >= 0.6 is 0 Å². The molecule has 0 spiro atoms. The second-order valence-corrected chi connectivity index (χ2v) is 9.93. The van der Waals surface area contributed by atoms with Gasteiger partial charge < -0.3 is 9.64 Å². The van der Waals surface area contributed by atoms with E-state index in [0.29, 0.717) is 17.5 Å². The Balaban J connectivity index is 1.72. The molecule has 0 saturated carbocycles. The molecule has 0 saturated heterocycles. The fraction of sp³-hybridized carbons (Fsp3) is 0.250. The molecule has 4 aromatic rings. The van der Waals surface area contributed by atoms with Crippen molar-refractivity contribution in [3.05, 3.63) is 61.2 Å². The number of pyridine rings is 2. The lowest BCUT2D eigenvalue weighted by Gasteiger charge is -2.21. The molecule has 0 aliphatic carbocycles. The van der Waals surface area contributed by atoms with Gasteiger partial charge in [0.15, 0.2) is 0 Å². The van der Waals surface area contributed by atoms with Crippen molar-refractivity contribution in [2.75, 3.05) is 30.3 Å². The van der Waals surface area contributed by atoms with Crippen LogP contribution in [0, 0.1) is 5.92 Å². The zero-order valence-corrected chi connectivity index (χ0v) is 20.2. The molecular formula is C24H26N6O3S. The van der Waals surface area contributed by atoms with E-state index in [2.05, 4.69) is 43.4 Å². The molecule has 0 radical (unpaired) electrons. The molecule has 1 aromatic carbocycles. The Morgan fingerprint density at radius 2 is 1.88 bits per heavy atom. The van der Waals surface area contributed by atoms with Crippen molar-refractivity contribution < 1.29 is 13.2 Å². The minimum atomic E-state index is -3.82. The van der Waals surface area contributed by atoms with E-state index in [1.807, 2.05) is 19.2 Å². The second kappa shape index (κ2) is 9.60. The number of sulfonamides is 1. The van der Waals surface area contributed by atoms with Gasteiger partial charge in [0.1, 0.15) is 18.0 Å². The van der Waals surface area contributed by atoms with E-state index >= 15 is 0 Å². The molecule has 3 aromatic heterocycles. The number of benzene rings is 1. The van der Waals surface area contributed by atoms with Crippen LogP contribution in [0.4, 0.5) is 11.6 Å². The number of fused-ring (bicyclic) bond motifs is 1. The first-order valence-electron chi connectivity index (χ1n) is 10.7. The lowest BCUT2D eigenvalue weighted by Crippen LogP contribution is -2.23. The standard InChI is InChI=1S/C24H26N6O3S/c1-16(2)14-30(3)22-8-7-20(24(28-22)33-4)23-19-6-5-18(13-17(19)9-12-26-23)34(31,32)29-21-10-11-25-15-27-21/h5-13,15-16H,14H2,1-4H3,(H,25,27,29). The third kappa shape index (κ3) is 4.91. The SMILES string of the molecule is COc1nc(N(C)CC(C)C)ccc1-c1nccc2cc(S(=O)(=O)Nc3ccncn3)ccc12. The van der Waals surface area contributed by atoms with Gasteiger partial charge in [-0.2, -0.15) is 4.98 Å². The number of nitrogens with zero attached hydrogens (tertiary/aromatic N) is 5. The number of hydrogen-bond donors (Lipinski definition) is 1. The molecule has 176 valence electrons. The quantitative estimate of drug-likeness (QED) is 0.405. The van der Waals surface area contributed by atoms with Gasteiger partial charge in [-0.05, 0) is 47.7 Å². The van der Waals surface area contributed by atoms with Crippen molar-refractivity contribution in [2.45, 2.75) is 18.7 Å². The Bertz CT molecular complexity index is 1410. The highest BCUT2D eigenvalue weighted by Crippen LogP contribution is 2.34. The number of methoxy groups -OCH3 is 1. The van der Waals surface area contributed by atoms with Gasteiger partial charge in [0.05, 0.1) is 23.3 Å². The molecule has 0 fully saturated rings. The van der Waals surface area contributed by atoms with Gasteiger partial charge in [0, 0.05) is 31.4 Å². The maximum Gasteiger partial charge on any atom is 0.263 e. The number of ether oxygens (including phenoxy) is 1. The summed E-state index contributed by atoms with van der Waals surface area (Å²) in [4.78, 5) is 19.1. The van der Waals surface area contributed by atoms with Gasteiger partial charge in [0.2, 0.25) is 5.88 Å². The summed E-state index contributed by atoms with van der Waals surface area (Å²) >= 11 is 0. The molecule has 0 unspecified atom stereocenters. The molecule has 3 heterocycles. The summed E-state index contributed by atoms with van der Waals surface area (Å²) in [5, 5.41) is 1.51. The van der Waals surface area contributed by atoms with E-state index in [4.69, 9.17) is 4.74 Å². The maximum absolute atomic E-state index is 12.9. The number of hydrogen-bond acceptors (Lipinski definition) is 8. The van der Waals surface area contributed by atoms with E-state index in [0.717, 1.165) is 28.7 Å². The summed E-state index contributed by atoms with van der Waals surface area (Å²) < 4.78 is 33.8. The van der Waals surface area contributed by atoms with Crippen molar-refractivity contribution in [1.29, 1.82) is 0 Å². The van der Waals surface area contributed by atoms with Crippen molar-refractivity contribution in [2.24, 2.45) is 5.92 Å². The first kappa shape index (κ1) is 23.4. The molecule has 34 heavy (non-hydrogen) atoms. The topological polar surface area (TPSA) is 110 Å². The summed E-state index contributed by atoms with van der Waals surface area (Å²) in [6.45, 7) is 5.17. The minimum absolute atomic E-state index is 0.117. The summed E-state index contributed by atoms with van der Waals surface area (Å²) in [6.07, 6.45) is 4.39. The third-order valence-electron chi connectivity index (χ3n) is 5.19. The van der Waals surface area contributed by atoms with E-state index in [-0.39, 0.29) is 10.7 Å². The Labute approximate surface area is 198 Å². The molecule has 0 aliphatic rings. The van der Waals surface area contributed by atoms with Gasteiger partial charge >= 0.3 is 0 Å². The molecular weight excluding hydrogens is 452 g/mol. The number of rotatable bonds is 8. The first-order valence-corrected chi connectivity index (χ1v) is 12.2. The van der Waals surface area contributed by atoms with E-state index in [1.54, 1.807) is 37.6 Å². The monoisotopic (exact) mass is 478 g/mol. The Morgan fingerprint density at radius 3 is 2.59 bits per heavy atom. The van der Waals surface area contributed by atoms with Crippen LogP contribution in [0.25, 0.3) is 22.0 Å².